The van der Waals surface area contributed by atoms with E-state index < -0.39 is 0 Å². The van der Waals surface area contributed by atoms with Crippen molar-refractivity contribution in [2.75, 3.05) is 39.2 Å². The van der Waals surface area contributed by atoms with Crippen LogP contribution in [0.2, 0.25) is 0 Å². The van der Waals surface area contributed by atoms with Crippen LogP contribution in [0.5, 0.6) is 5.75 Å². The van der Waals surface area contributed by atoms with Gasteiger partial charge in [0.15, 0.2) is 5.01 Å². The lowest BCUT2D eigenvalue weighted by Gasteiger charge is -2.31. The predicted octanol–water partition coefficient (Wildman–Crippen LogP) is 4.30. The van der Waals surface area contributed by atoms with Crippen molar-refractivity contribution in [1.29, 1.82) is 0 Å². The molecule has 0 spiro atoms. The summed E-state index contributed by atoms with van der Waals surface area (Å²) in [4.78, 5) is 16.8. The number of benzene rings is 2. The van der Waals surface area contributed by atoms with Crippen molar-refractivity contribution in [3.8, 4) is 16.3 Å². The Morgan fingerprint density at radius 1 is 1.07 bits per heavy atom. The van der Waals surface area contributed by atoms with Gasteiger partial charge in [0.2, 0.25) is 0 Å². The van der Waals surface area contributed by atoms with Crippen molar-refractivity contribution in [1.82, 2.24) is 15.1 Å². The number of ether oxygens (including phenoxy) is 1. The third-order valence-corrected chi connectivity index (χ3v) is 6.66. The zero-order chi connectivity index (χ0) is 21.1. The SMILES string of the molecule is COc1ccccc1-c1nnc(C2CCN(C(=O)c3ccc(N(C)C)cc3)CC2)s1. The van der Waals surface area contributed by atoms with E-state index in [0.29, 0.717) is 5.92 Å². The normalized spacial score (nSPS) is 14.6. The lowest BCUT2D eigenvalue weighted by atomic mass is 9.97. The number of hydrogen-bond acceptors (Lipinski definition) is 6. The van der Waals surface area contributed by atoms with Crippen LogP contribution >= 0.6 is 11.3 Å². The molecule has 156 valence electrons. The van der Waals surface area contributed by atoms with Gasteiger partial charge in [-0.25, -0.2) is 0 Å². The number of likely N-dealkylation sites (tertiary alicyclic amines) is 1. The average molecular weight is 423 g/mol. The van der Waals surface area contributed by atoms with Crippen molar-refractivity contribution in [3.05, 3.63) is 59.1 Å². The summed E-state index contributed by atoms with van der Waals surface area (Å²) in [7, 11) is 5.66. The first-order chi connectivity index (χ1) is 14.6. The average Bonchev–Trinajstić information content (AvgIpc) is 3.29. The largest absolute Gasteiger partial charge is 0.496 e. The number of amides is 1. The number of hydrogen-bond donors (Lipinski definition) is 0. The van der Waals surface area contributed by atoms with Gasteiger partial charge < -0.3 is 14.5 Å². The second-order valence-corrected chi connectivity index (χ2v) is 8.66. The third kappa shape index (κ3) is 4.16. The number of carbonyl (C=O) groups is 1. The summed E-state index contributed by atoms with van der Waals surface area (Å²) in [6, 6.07) is 15.7. The molecule has 0 N–H and O–H groups in total. The van der Waals surface area contributed by atoms with E-state index in [-0.39, 0.29) is 5.91 Å². The Morgan fingerprint density at radius 2 is 1.77 bits per heavy atom. The van der Waals surface area contributed by atoms with Gasteiger partial charge in [0.05, 0.1) is 12.7 Å². The Hall–Kier alpha value is -2.93. The molecule has 0 aliphatic carbocycles. The van der Waals surface area contributed by atoms with Crippen LogP contribution in [-0.2, 0) is 0 Å². The standard InChI is InChI=1S/C23H26N4O2S/c1-26(2)18-10-8-17(9-11-18)23(28)27-14-12-16(13-15-27)21-24-25-22(30-21)19-6-4-5-7-20(19)29-3/h4-11,16H,12-15H2,1-3H3. The molecule has 0 unspecified atom stereocenters. The summed E-state index contributed by atoms with van der Waals surface area (Å²) in [5.74, 6) is 1.25. The minimum absolute atomic E-state index is 0.103. The van der Waals surface area contributed by atoms with Gasteiger partial charge in [-0.2, -0.15) is 0 Å². The fraction of sp³-hybridized carbons (Fsp3) is 0.348. The predicted molar refractivity (Wildman–Crippen MR) is 121 cm³/mol. The molecule has 0 radical (unpaired) electrons. The second-order valence-electron chi connectivity index (χ2n) is 7.65. The highest BCUT2D eigenvalue weighted by Crippen LogP contribution is 2.36. The van der Waals surface area contributed by atoms with E-state index in [9.17, 15) is 4.79 Å². The third-order valence-electron chi connectivity index (χ3n) is 5.54. The minimum atomic E-state index is 0.103. The highest BCUT2D eigenvalue weighted by Gasteiger charge is 2.27. The van der Waals surface area contributed by atoms with Crippen LogP contribution in [0.4, 0.5) is 5.69 Å². The maximum Gasteiger partial charge on any atom is 0.253 e. The molecule has 1 aliphatic rings. The molecule has 1 aromatic heterocycles. The Labute approximate surface area is 181 Å². The number of piperidine rings is 1. The lowest BCUT2D eigenvalue weighted by molar-refractivity contribution is 0.0713. The Morgan fingerprint density at radius 3 is 2.43 bits per heavy atom. The highest BCUT2D eigenvalue weighted by molar-refractivity contribution is 7.14. The Balaban J connectivity index is 1.40. The van der Waals surface area contributed by atoms with E-state index in [4.69, 9.17) is 4.74 Å². The number of carbonyl (C=O) groups excluding carboxylic acids is 1. The molecule has 3 aromatic rings. The van der Waals surface area contributed by atoms with Crippen molar-refractivity contribution < 1.29 is 9.53 Å². The minimum Gasteiger partial charge on any atom is -0.496 e. The molecule has 7 heteroatoms. The quantitative estimate of drug-likeness (QED) is 0.614. The Bertz CT molecular complexity index is 1010. The summed E-state index contributed by atoms with van der Waals surface area (Å²) in [6.45, 7) is 1.48. The van der Waals surface area contributed by atoms with E-state index in [2.05, 4.69) is 10.2 Å². The summed E-state index contributed by atoms with van der Waals surface area (Å²) >= 11 is 1.62. The van der Waals surface area contributed by atoms with Crippen LogP contribution in [0, 0.1) is 0 Å². The van der Waals surface area contributed by atoms with Crippen molar-refractivity contribution in [2.45, 2.75) is 18.8 Å². The maximum absolute atomic E-state index is 12.9. The van der Waals surface area contributed by atoms with E-state index in [1.165, 1.54) is 0 Å². The van der Waals surface area contributed by atoms with E-state index in [1.807, 2.05) is 72.4 Å². The maximum atomic E-state index is 12.9. The first kappa shape index (κ1) is 20.3. The second kappa shape index (κ2) is 8.83. The van der Waals surface area contributed by atoms with Gasteiger partial charge in [-0.1, -0.05) is 23.5 Å². The van der Waals surface area contributed by atoms with Crippen molar-refractivity contribution in [3.63, 3.8) is 0 Å². The number of anilines is 1. The molecule has 6 nitrogen and oxygen atoms in total. The van der Waals surface area contributed by atoms with Crippen LogP contribution in [-0.4, -0.2) is 55.3 Å². The molecule has 30 heavy (non-hydrogen) atoms. The van der Waals surface area contributed by atoms with Crippen LogP contribution < -0.4 is 9.64 Å². The number of para-hydroxylation sites is 1. The molecule has 1 amide bonds. The lowest BCUT2D eigenvalue weighted by Crippen LogP contribution is -2.37. The van der Waals surface area contributed by atoms with Gasteiger partial charge in [-0.3, -0.25) is 4.79 Å². The summed E-state index contributed by atoms with van der Waals surface area (Å²) in [5.41, 5.74) is 2.80. The summed E-state index contributed by atoms with van der Waals surface area (Å²) < 4.78 is 5.45. The van der Waals surface area contributed by atoms with Crippen molar-refractivity contribution in [2.24, 2.45) is 0 Å². The van der Waals surface area contributed by atoms with Gasteiger partial charge in [-0.15, -0.1) is 10.2 Å². The smallest absolute Gasteiger partial charge is 0.253 e. The summed E-state index contributed by atoms with van der Waals surface area (Å²) in [6.07, 6.45) is 1.81. The molecular weight excluding hydrogens is 396 g/mol. The van der Waals surface area contributed by atoms with E-state index >= 15 is 0 Å². The van der Waals surface area contributed by atoms with Gasteiger partial charge in [0.1, 0.15) is 10.8 Å². The monoisotopic (exact) mass is 422 g/mol. The highest BCUT2D eigenvalue weighted by atomic mass is 32.1. The van der Waals surface area contributed by atoms with Gasteiger partial charge in [0.25, 0.3) is 5.91 Å². The summed E-state index contributed by atoms with van der Waals surface area (Å²) in [5, 5.41) is 10.8. The molecule has 4 rings (SSSR count). The molecular formula is C23H26N4O2S. The fourth-order valence-corrected chi connectivity index (χ4v) is 4.79. The fourth-order valence-electron chi connectivity index (χ4n) is 3.74. The molecule has 0 atom stereocenters. The molecule has 1 saturated heterocycles. The van der Waals surface area contributed by atoms with Crippen LogP contribution in [0.25, 0.3) is 10.6 Å². The molecule has 1 fully saturated rings. The molecule has 2 heterocycles. The topological polar surface area (TPSA) is 58.6 Å². The van der Waals surface area contributed by atoms with Crippen molar-refractivity contribution >= 4 is 22.9 Å². The number of rotatable bonds is 5. The molecule has 1 aliphatic heterocycles. The van der Waals surface area contributed by atoms with Crippen LogP contribution in [0.15, 0.2) is 48.5 Å². The Kier molecular flexibility index (Phi) is 5.99. The van der Waals surface area contributed by atoms with E-state index in [1.54, 1.807) is 18.4 Å². The van der Waals surface area contributed by atoms with Crippen LogP contribution in [0.1, 0.15) is 34.1 Å². The van der Waals surface area contributed by atoms with Gasteiger partial charge in [0, 0.05) is 44.4 Å². The van der Waals surface area contributed by atoms with E-state index in [0.717, 1.165) is 58.5 Å². The number of methoxy groups -OCH3 is 1. The molecule has 0 saturated carbocycles. The number of aromatic nitrogens is 2. The van der Waals surface area contributed by atoms with Crippen LogP contribution in [0.3, 0.4) is 0 Å². The van der Waals surface area contributed by atoms with Gasteiger partial charge >= 0.3 is 0 Å². The molecule has 2 aromatic carbocycles. The van der Waals surface area contributed by atoms with Gasteiger partial charge in [-0.05, 0) is 49.2 Å². The number of nitrogens with zero attached hydrogens (tertiary/aromatic N) is 4. The molecule has 0 bridgehead atoms. The first-order valence-electron chi connectivity index (χ1n) is 10.1. The zero-order valence-electron chi connectivity index (χ0n) is 17.5. The zero-order valence-corrected chi connectivity index (χ0v) is 18.4. The first-order valence-corrected chi connectivity index (χ1v) is 10.9.